The maximum Gasteiger partial charge on any atom is 0.260 e. The molecule has 3 aromatic carbocycles. The van der Waals surface area contributed by atoms with Gasteiger partial charge in [-0.05, 0) is 60.2 Å². The molecule has 0 unspecified atom stereocenters. The molecule has 2 amide bonds. The highest BCUT2D eigenvalue weighted by Crippen LogP contribution is 2.15. The summed E-state index contributed by atoms with van der Waals surface area (Å²) < 4.78 is 13.9. The lowest BCUT2D eigenvalue weighted by atomic mass is 10.1. The van der Waals surface area contributed by atoms with Gasteiger partial charge in [-0.1, -0.05) is 30.3 Å². The van der Waals surface area contributed by atoms with Crippen molar-refractivity contribution in [1.82, 2.24) is 5.32 Å². The number of carbonyl (C=O) groups excluding carboxylic acids is 2. The number of thiocarbonyl (C=S) groups is 1. The number of anilines is 2. The Labute approximate surface area is 183 Å². The van der Waals surface area contributed by atoms with Crippen molar-refractivity contribution in [3.05, 3.63) is 95.3 Å². The van der Waals surface area contributed by atoms with Crippen LogP contribution in [0.2, 0.25) is 0 Å². The van der Waals surface area contributed by atoms with Crippen LogP contribution in [-0.2, 0) is 11.2 Å². The molecule has 0 aliphatic rings. The molecule has 0 aromatic heterocycles. The number of hydrogen-bond acceptors (Lipinski definition) is 4. The van der Waals surface area contributed by atoms with Crippen LogP contribution < -0.4 is 16.0 Å². The Morgan fingerprint density at radius 3 is 2.19 bits per heavy atom. The molecule has 0 aliphatic carbocycles. The molecule has 3 rings (SSSR count). The molecular weight excluding hydrogens is 415 g/mol. The third-order valence-corrected chi connectivity index (χ3v) is 4.41. The average molecular weight is 432 g/mol. The molecule has 0 bridgehead atoms. The minimum Gasteiger partial charge on any atom is -0.332 e. The Balaban J connectivity index is 1.53. The van der Waals surface area contributed by atoms with Gasteiger partial charge in [-0.25, -0.2) is 4.39 Å². The van der Waals surface area contributed by atoms with Gasteiger partial charge in [0.1, 0.15) is 5.82 Å². The van der Waals surface area contributed by atoms with E-state index in [0.29, 0.717) is 11.4 Å². The van der Waals surface area contributed by atoms with E-state index in [0.717, 1.165) is 11.6 Å². The van der Waals surface area contributed by atoms with E-state index in [-0.39, 0.29) is 28.6 Å². The van der Waals surface area contributed by atoms with Gasteiger partial charge in [-0.2, -0.15) is 5.26 Å². The van der Waals surface area contributed by atoms with E-state index >= 15 is 0 Å². The van der Waals surface area contributed by atoms with Crippen molar-refractivity contribution in [3.8, 4) is 6.07 Å². The van der Waals surface area contributed by atoms with E-state index in [1.54, 1.807) is 30.3 Å². The topological polar surface area (TPSA) is 94.0 Å². The molecule has 0 aliphatic heterocycles. The van der Waals surface area contributed by atoms with Gasteiger partial charge in [0.25, 0.3) is 5.91 Å². The number of benzene rings is 3. The molecule has 154 valence electrons. The second-order valence-corrected chi connectivity index (χ2v) is 6.91. The van der Waals surface area contributed by atoms with Gasteiger partial charge in [0, 0.05) is 11.4 Å². The summed E-state index contributed by atoms with van der Waals surface area (Å²) in [5.74, 6) is -1.68. The smallest absolute Gasteiger partial charge is 0.260 e. The van der Waals surface area contributed by atoms with E-state index in [2.05, 4.69) is 16.0 Å². The predicted molar refractivity (Wildman–Crippen MR) is 120 cm³/mol. The average Bonchev–Trinajstić information content (AvgIpc) is 2.75. The summed E-state index contributed by atoms with van der Waals surface area (Å²) >= 11 is 5.09. The zero-order valence-corrected chi connectivity index (χ0v) is 17.0. The molecule has 3 N–H and O–H groups in total. The van der Waals surface area contributed by atoms with E-state index in [1.165, 1.54) is 12.1 Å². The van der Waals surface area contributed by atoms with Crippen LogP contribution in [0.15, 0.2) is 72.8 Å². The fraction of sp³-hybridized carbons (Fsp3) is 0.0435. The lowest BCUT2D eigenvalue weighted by molar-refractivity contribution is -0.115. The fourth-order valence-electron chi connectivity index (χ4n) is 2.72. The van der Waals surface area contributed by atoms with Crippen LogP contribution in [0.5, 0.6) is 0 Å². The highest BCUT2D eigenvalue weighted by Gasteiger charge is 2.14. The van der Waals surface area contributed by atoms with Crippen LogP contribution in [0.25, 0.3) is 0 Å². The minimum atomic E-state index is -0.810. The number of hydrogen-bond donors (Lipinski definition) is 3. The number of nitrogens with zero attached hydrogens (tertiary/aromatic N) is 1. The Kier molecular flexibility index (Phi) is 7.04. The quantitative estimate of drug-likeness (QED) is 0.530. The molecule has 6 nitrogen and oxygen atoms in total. The van der Waals surface area contributed by atoms with Crippen molar-refractivity contribution in [2.45, 2.75) is 6.42 Å². The summed E-state index contributed by atoms with van der Waals surface area (Å²) in [5.41, 5.74) is 2.00. The molecule has 8 heteroatoms. The molecule has 3 aromatic rings. The first-order valence-electron chi connectivity index (χ1n) is 9.20. The standard InChI is InChI=1S/C23H17FN4O2S/c24-20-12-16(14-25)6-11-19(20)22(30)28-23(31)27-18-9-7-17(8-10-18)26-21(29)13-15-4-2-1-3-5-15/h1-12H,13H2,(H,26,29)(H2,27,28,30,31). The van der Waals surface area contributed by atoms with Gasteiger partial charge in [-0.15, -0.1) is 0 Å². The number of amides is 2. The van der Waals surface area contributed by atoms with Crippen molar-refractivity contribution in [3.63, 3.8) is 0 Å². The number of nitriles is 1. The molecule has 0 spiro atoms. The van der Waals surface area contributed by atoms with Crippen molar-refractivity contribution in [2.24, 2.45) is 0 Å². The fourth-order valence-corrected chi connectivity index (χ4v) is 2.94. The van der Waals surface area contributed by atoms with Crippen LogP contribution in [0.3, 0.4) is 0 Å². The number of rotatable bonds is 5. The van der Waals surface area contributed by atoms with E-state index < -0.39 is 11.7 Å². The zero-order valence-electron chi connectivity index (χ0n) is 16.2. The van der Waals surface area contributed by atoms with Crippen LogP contribution >= 0.6 is 12.2 Å². The summed E-state index contributed by atoms with van der Waals surface area (Å²) in [5, 5.41) is 16.8. The molecule has 0 radical (unpaired) electrons. The van der Waals surface area contributed by atoms with Gasteiger partial charge >= 0.3 is 0 Å². The van der Waals surface area contributed by atoms with Crippen molar-refractivity contribution < 1.29 is 14.0 Å². The Morgan fingerprint density at radius 2 is 1.58 bits per heavy atom. The van der Waals surface area contributed by atoms with Crippen molar-refractivity contribution >= 4 is 40.5 Å². The largest absolute Gasteiger partial charge is 0.332 e. The molecule has 0 saturated carbocycles. The van der Waals surface area contributed by atoms with Gasteiger partial charge in [-0.3, -0.25) is 14.9 Å². The highest BCUT2D eigenvalue weighted by molar-refractivity contribution is 7.80. The van der Waals surface area contributed by atoms with Crippen molar-refractivity contribution in [2.75, 3.05) is 10.6 Å². The maximum atomic E-state index is 13.9. The second-order valence-electron chi connectivity index (χ2n) is 6.50. The van der Waals surface area contributed by atoms with Crippen molar-refractivity contribution in [1.29, 1.82) is 5.26 Å². The maximum absolute atomic E-state index is 13.9. The molecule has 0 heterocycles. The summed E-state index contributed by atoms with van der Waals surface area (Å²) in [6.45, 7) is 0. The van der Waals surface area contributed by atoms with Gasteiger partial charge in [0.15, 0.2) is 5.11 Å². The van der Waals surface area contributed by atoms with Gasteiger partial charge in [0.05, 0.1) is 23.6 Å². The summed E-state index contributed by atoms with van der Waals surface area (Å²) in [4.78, 5) is 24.3. The normalized spacial score (nSPS) is 9.94. The Hall–Kier alpha value is -4.09. The van der Waals surface area contributed by atoms with Gasteiger partial charge in [0.2, 0.25) is 5.91 Å². The first-order valence-corrected chi connectivity index (χ1v) is 9.61. The first kappa shape index (κ1) is 21.6. The van der Waals surface area contributed by atoms with Crippen LogP contribution in [0, 0.1) is 17.1 Å². The van der Waals surface area contributed by atoms with E-state index in [1.807, 2.05) is 30.3 Å². The third kappa shape index (κ3) is 6.19. The summed E-state index contributed by atoms with van der Waals surface area (Å²) in [6, 6.07) is 21.5. The second kappa shape index (κ2) is 10.1. The molecule has 0 atom stereocenters. The highest BCUT2D eigenvalue weighted by atomic mass is 32.1. The van der Waals surface area contributed by atoms with Crippen LogP contribution in [-0.4, -0.2) is 16.9 Å². The zero-order chi connectivity index (χ0) is 22.2. The SMILES string of the molecule is N#Cc1ccc(C(=O)NC(=S)Nc2ccc(NC(=O)Cc3ccccc3)cc2)c(F)c1. The number of carbonyl (C=O) groups is 2. The number of halogens is 1. The molecule has 0 saturated heterocycles. The lowest BCUT2D eigenvalue weighted by Crippen LogP contribution is -2.34. The predicted octanol–water partition coefficient (Wildman–Crippen LogP) is 4.01. The van der Waals surface area contributed by atoms with Gasteiger partial charge < -0.3 is 10.6 Å². The minimum absolute atomic E-state index is 0.0189. The summed E-state index contributed by atoms with van der Waals surface area (Å²) in [7, 11) is 0. The molecule has 31 heavy (non-hydrogen) atoms. The van der Waals surface area contributed by atoms with Crippen LogP contribution in [0.4, 0.5) is 15.8 Å². The Bertz CT molecular complexity index is 1160. The molecular formula is C23H17FN4O2S. The monoisotopic (exact) mass is 432 g/mol. The van der Waals surface area contributed by atoms with E-state index in [9.17, 15) is 14.0 Å². The van der Waals surface area contributed by atoms with E-state index in [4.69, 9.17) is 17.5 Å². The molecule has 0 fully saturated rings. The Morgan fingerprint density at radius 1 is 0.935 bits per heavy atom. The van der Waals surface area contributed by atoms with Crippen LogP contribution in [0.1, 0.15) is 21.5 Å². The third-order valence-electron chi connectivity index (χ3n) is 4.20. The number of nitrogens with one attached hydrogen (secondary N) is 3. The lowest BCUT2D eigenvalue weighted by Gasteiger charge is -2.11. The summed E-state index contributed by atoms with van der Waals surface area (Å²) in [6.07, 6.45) is 0.267. The first-order chi connectivity index (χ1) is 14.9.